The average Bonchev–Trinajstić information content (AvgIpc) is 2.45. The molecule has 0 unspecified atom stereocenters. The van der Waals surface area contributed by atoms with Crippen molar-refractivity contribution in [2.75, 3.05) is 11.9 Å². The zero-order chi connectivity index (χ0) is 13.8. The molecule has 4 nitrogen and oxygen atoms in total. The summed E-state index contributed by atoms with van der Waals surface area (Å²) in [5.41, 5.74) is 0.709. The lowest BCUT2D eigenvalue weighted by Gasteiger charge is -2.28. The summed E-state index contributed by atoms with van der Waals surface area (Å²) < 4.78 is 1.91. The van der Waals surface area contributed by atoms with E-state index in [-0.39, 0.29) is 5.56 Å². The first-order chi connectivity index (χ1) is 9.11. The molecule has 1 fully saturated rings. The van der Waals surface area contributed by atoms with Crippen molar-refractivity contribution >= 4 is 21.6 Å². The molecule has 1 aromatic rings. The van der Waals surface area contributed by atoms with Crippen LogP contribution in [0, 0.1) is 11.8 Å². The molecule has 0 spiro atoms. The Bertz CT molecular complexity index is 478. The molecule has 1 aliphatic rings. The van der Waals surface area contributed by atoms with Crippen molar-refractivity contribution in [1.82, 2.24) is 9.78 Å². The van der Waals surface area contributed by atoms with Crippen LogP contribution in [0.5, 0.6) is 0 Å². The first-order valence-corrected chi connectivity index (χ1v) is 7.86. The van der Waals surface area contributed by atoms with Gasteiger partial charge in [-0.2, -0.15) is 5.10 Å². The van der Waals surface area contributed by atoms with Gasteiger partial charge in [0.15, 0.2) is 0 Å². The predicted molar refractivity (Wildman–Crippen MR) is 81.4 cm³/mol. The minimum atomic E-state index is -0.0975. The second-order valence-corrected chi connectivity index (χ2v) is 6.27. The molecule has 5 heteroatoms. The second kappa shape index (κ2) is 6.55. The van der Waals surface area contributed by atoms with E-state index >= 15 is 0 Å². The van der Waals surface area contributed by atoms with Gasteiger partial charge in [-0.3, -0.25) is 4.79 Å². The molecule has 0 bridgehead atoms. The van der Waals surface area contributed by atoms with Crippen molar-refractivity contribution in [2.45, 2.75) is 39.0 Å². The third kappa shape index (κ3) is 3.59. The first kappa shape index (κ1) is 14.6. The largest absolute Gasteiger partial charge is 0.382 e. The third-order valence-electron chi connectivity index (χ3n) is 4.20. The summed E-state index contributed by atoms with van der Waals surface area (Å²) in [5.74, 6) is 1.65. The van der Waals surface area contributed by atoms with E-state index in [2.05, 4.69) is 33.3 Å². The van der Waals surface area contributed by atoms with Crippen LogP contribution in [0.25, 0.3) is 0 Å². The Hall–Kier alpha value is -0.840. The summed E-state index contributed by atoms with van der Waals surface area (Å²) in [6, 6.07) is 0. The molecule has 0 aliphatic heterocycles. The Morgan fingerprint density at radius 1 is 1.37 bits per heavy atom. The normalized spacial score (nSPS) is 23.3. The van der Waals surface area contributed by atoms with E-state index in [9.17, 15) is 4.79 Å². The van der Waals surface area contributed by atoms with E-state index in [1.807, 2.05) is 0 Å². The summed E-state index contributed by atoms with van der Waals surface area (Å²) in [7, 11) is 1.66. The van der Waals surface area contributed by atoms with E-state index in [4.69, 9.17) is 0 Å². The van der Waals surface area contributed by atoms with Crippen LogP contribution in [0.4, 0.5) is 5.69 Å². The number of halogens is 1. The Balaban J connectivity index is 1.90. The van der Waals surface area contributed by atoms with E-state index in [1.165, 1.54) is 36.8 Å². The Labute approximate surface area is 122 Å². The fraction of sp³-hybridized carbons (Fsp3) is 0.714. The van der Waals surface area contributed by atoms with Crippen molar-refractivity contribution in [3.8, 4) is 0 Å². The van der Waals surface area contributed by atoms with Crippen LogP contribution < -0.4 is 10.9 Å². The Kier molecular flexibility index (Phi) is 5.02. The third-order valence-corrected chi connectivity index (χ3v) is 4.97. The van der Waals surface area contributed by atoms with Gasteiger partial charge in [0.2, 0.25) is 0 Å². The number of aryl methyl sites for hydroxylation is 1. The lowest BCUT2D eigenvalue weighted by atomic mass is 9.81. The smallest absolute Gasteiger partial charge is 0.282 e. The van der Waals surface area contributed by atoms with Gasteiger partial charge in [-0.25, -0.2) is 4.68 Å². The topological polar surface area (TPSA) is 46.9 Å². The first-order valence-electron chi connectivity index (χ1n) is 7.07. The number of nitrogens with zero attached hydrogens (tertiary/aromatic N) is 2. The highest BCUT2D eigenvalue weighted by atomic mass is 79.9. The van der Waals surface area contributed by atoms with Crippen LogP contribution in [-0.4, -0.2) is 16.3 Å². The van der Waals surface area contributed by atoms with Gasteiger partial charge >= 0.3 is 0 Å². The molecule has 1 saturated carbocycles. The standard InChI is InChI=1S/C14H22BrN3O/c1-3-10-4-6-11(7-5-10)8-16-12-9-17-18(2)14(19)13(12)15/h9-11,16H,3-8H2,1-2H3. The molecule has 0 atom stereocenters. The highest BCUT2D eigenvalue weighted by Crippen LogP contribution is 2.30. The van der Waals surface area contributed by atoms with Crippen LogP contribution in [0.3, 0.4) is 0 Å². The summed E-state index contributed by atoms with van der Waals surface area (Å²) in [6.45, 7) is 3.22. The van der Waals surface area contributed by atoms with Crippen molar-refractivity contribution < 1.29 is 0 Å². The van der Waals surface area contributed by atoms with Crippen LogP contribution in [0.1, 0.15) is 39.0 Å². The van der Waals surface area contributed by atoms with Gasteiger partial charge < -0.3 is 5.32 Å². The summed E-state index contributed by atoms with van der Waals surface area (Å²) >= 11 is 3.34. The van der Waals surface area contributed by atoms with E-state index in [0.29, 0.717) is 4.47 Å². The molecule has 0 saturated heterocycles. The van der Waals surface area contributed by atoms with E-state index in [1.54, 1.807) is 13.2 Å². The summed E-state index contributed by atoms with van der Waals surface area (Å²) in [6.07, 6.45) is 8.30. The van der Waals surface area contributed by atoms with Crippen LogP contribution in [0.2, 0.25) is 0 Å². The van der Waals surface area contributed by atoms with Crippen LogP contribution in [0.15, 0.2) is 15.5 Å². The van der Waals surface area contributed by atoms with Crippen molar-refractivity contribution in [3.05, 3.63) is 21.0 Å². The zero-order valence-electron chi connectivity index (χ0n) is 11.7. The van der Waals surface area contributed by atoms with Gasteiger partial charge in [0, 0.05) is 13.6 Å². The van der Waals surface area contributed by atoms with Crippen molar-refractivity contribution in [3.63, 3.8) is 0 Å². The lowest BCUT2D eigenvalue weighted by Crippen LogP contribution is -2.24. The number of nitrogens with one attached hydrogen (secondary N) is 1. The highest BCUT2D eigenvalue weighted by Gasteiger charge is 2.20. The maximum Gasteiger partial charge on any atom is 0.282 e. The van der Waals surface area contributed by atoms with E-state index in [0.717, 1.165) is 24.1 Å². The van der Waals surface area contributed by atoms with E-state index < -0.39 is 0 Å². The molecule has 106 valence electrons. The van der Waals surface area contributed by atoms with Gasteiger partial charge in [-0.15, -0.1) is 0 Å². The molecule has 1 N–H and O–H groups in total. The Morgan fingerprint density at radius 2 is 2.00 bits per heavy atom. The zero-order valence-corrected chi connectivity index (χ0v) is 13.2. The fourth-order valence-corrected chi connectivity index (χ4v) is 3.23. The van der Waals surface area contributed by atoms with Gasteiger partial charge in [-0.1, -0.05) is 26.2 Å². The number of hydrogen-bond acceptors (Lipinski definition) is 3. The second-order valence-electron chi connectivity index (χ2n) is 5.48. The summed E-state index contributed by atoms with van der Waals surface area (Å²) in [5, 5.41) is 7.40. The molecule has 0 aromatic carbocycles. The van der Waals surface area contributed by atoms with Crippen LogP contribution >= 0.6 is 15.9 Å². The maximum absolute atomic E-state index is 11.7. The molecule has 1 heterocycles. The molecule has 2 rings (SSSR count). The highest BCUT2D eigenvalue weighted by molar-refractivity contribution is 9.10. The molecular weight excluding hydrogens is 306 g/mol. The van der Waals surface area contributed by atoms with Gasteiger partial charge in [-0.05, 0) is 40.6 Å². The predicted octanol–water partition coefficient (Wildman–Crippen LogP) is 3.17. The Morgan fingerprint density at radius 3 is 2.63 bits per heavy atom. The van der Waals surface area contributed by atoms with Crippen molar-refractivity contribution in [2.24, 2.45) is 18.9 Å². The molecule has 19 heavy (non-hydrogen) atoms. The average molecular weight is 328 g/mol. The van der Waals surface area contributed by atoms with Gasteiger partial charge in [0.1, 0.15) is 4.47 Å². The quantitative estimate of drug-likeness (QED) is 0.923. The number of rotatable bonds is 4. The molecule has 1 aliphatic carbocycles. The SMILES string of the molecule is CCC1CCC(CNc2cnn(C)c(=O)c2Br)CC1. The molecule has 1 aromatic heterocycles. The minimum absolute atomic E-state index is 0.0975. The number of anilines is 1. The monoisotopic (exact) mass is 327 g/mol. The maximum atomic E-state index is 11.7. The molecule has 0 amide bonds. The van der Waals surface area contributed by atoms with Gasteiger partial charge in [0.25, 0.3) is 5.56 Å². The summed E-state index contributed by atoms with van der Waals surface area (Å²) in [4.78, 5) is 11.7. The molecule has 0 radical (unpaired) electrons. The number of aromatic nitrogens is 2. The fourth-order valence-electron chi connectivity index (χ4n) is 2.73. The van der Waals surface area contributed by atoms with Gasteiger partial charge in [0.05, 0.1) is 11.9 Å². The molecular formula is C14H22BrN3O. The van der Waals surface area contributed by atoms with Crippen LogP contribution in [-0.2, 0) is 7.05 Å². The van der Waals surface area contributed by atoms with Crippen molar-refractivity contribution in [1.29, 1.82) is 0 Å². The minimum Gasteiger partial charge on any atom is -0.382 e. The lowest BCUT2D eigenvalue weighted by molar-refractivity contribution is 0.278. The number of hydrogen-bond donors (Lipinski definition) is 1.